The summed E-state index contributed by atoms with van der Waals surface area (Å²) in [5.74, 6) is 0. The van der Waals surface area contributed by atoms with Gasteiger partial charge in [0.15, 0.2) is 5.69 Å². The Hall–Kier alpha value is -2.15. The van der Waals surface area contributed by atoms with Crippen LogP contribution in [0.25, 0.3) is 11.3 Å². The number of nitriles is 1. The van der Waals surface area contributed by atoms with E-state index in [9.17, 15) is 0 Å². The largest absolute Gasteiger partial charge is 0.237 e. The fraction of sp³-hybridized carbons (Fsp3) is 0.100. The topological polar surface area (TPSA) is 54.5 Å². The lowest BCUT2D eigenvalue weighted by Gasteiger charge is -1.95. The summed E-state index contributed by atoms with van der Waals surface area (Å²) >= 11 is 0. The third kappa shape index (κ3) is 1.25. The molecule has 0 fully saturated rings. The van der Waals surface area contributed by atoms with Crippen molar-refractivity contribution in [1.29, 1.82) is 5.26 Å². The number of hydrogen-bond donors (Lipinski definition) is 0. The molecule has 0 saturated carbocycles. The average molecular weight is 184 g/mol. The molecule has 14 heavy (non-hydrogen) atoms. The molecule has 2 rings (SSSR count). The molecule has 0 aliphatic heterocycles. The molecule has 0 amide bonds. The Labute approximate surface area is 81.4 Å². The Balaban J connectivity index is 2.59. The summed E-state index contributed by atoms with van der Waals surface area (Å²) < 4.78 is 1.47. The zero-order valence-corrected chi connectivity index (χ0v) is 7.68. The van der Waals surface area contributed by atoms with Crippen molar-refractivity contribution >= 4 is 0 Å². The maximum Gasteiger partial charge on any atom is 0.166 e. The van der Waals surface area contributed by atoms with Gasteiger partial charge in [-0.3, -0.25) is 0 Å². The fourth-order valence-electron chi connectivity index (χ4n) is 1.27. The number of benzene rings is 1. The Morgan fingerprint density at radius 3 is 2.64 bits per heavy atom. The van der Waals surface area contributed by atoms with Gasteiger partial charge in [-0.05, 0) is 0 Å². The molecule has 0 aliphatic rings. The molecular formula is C10H8N4. The van der Waals surface area contributed by atoms with E-state index >= 15 is 0 Å². The fourth-order valence-corrected chi connectivity index (χ4v) is 1.27. The van der Waals surface area contributed by atoms with Gasteiger partial charge < -0.3 is 0 Å². The van der Waals surface area contributed by atoms with Gasteiger partial charge in [0.05, 0.1) is 0 Å². The highest BCUT2D eigenvalue weighted by molar-refractivity contribution is 5.63. The highest BCUT2D eigenvalue weighted by atomic mass is 15.4. The molecule has 0 unspecified atom stereocenters. The van der Waals surface area contributed by atoms with Crippen LogP contribution in [0.4, 0.5) is 0 Å². The van der Waals surface area contributed by atoms with Gasteiger partial charge in [-0.25, -0.2) is 4.68 Å². The molecule has 4 heteroatoms. The minimum absolute atomic E-state index is 0.483. The molecule has 0 radical (unpaired) electrons. The van der Waals surface area contributed by atoms with Gasteiger partial charge in [0.25, 0.3) is 0 Å². The summed E-state index contributed by atoms with van der Waals surface area (Å²) in [5, 5.41) is 16.7. The molecule has 0 spiro atoms. The summed E-state index contributed by atoms with van der Waals surface area (Å²) in [4.78, 5) is 0. The lowest BCUT2D eigenvalue weighted by atomic mass is 10.1. The van der Waals surface area contributed by atoms with Crippen molar-refractivity contribution in [2.24, 2.45) is 7.05 Å². The van der Waals surface area contributed by atoms with E-state index in [1.807, 2.05) is 30.3 Å². The molecule has 2 aromatic rings. The highest BCUT2D eigenvalue weighted by Gasteiger charge is 2.10. The first-order valence-electron chi connectivity index (χ1n) is 4.18. The van der Waals surface area contributed by atoms with Gasteiger partial charge in [0, 0.05) is 12.6 Å². The SMILES string of the molecule is Cn1nnc(-c2ccccc2)c1C#N. The van der Waals surface area contributed by atoms with Gasteiger partial charge in [-0.2, -0.15) is 5.26 Å². The summed E-state index contributed by atoms with van der Waals surface area (Å²) in [7, 11) is 1.71. The Bertz CT molecular complexity index is 479. The molecular weight excluding hydrogens is 176 g/mol. The molecule has 0 N–H and O–H groups in total. The molecule has 1 aromatic heterocycles. The molecule has 0 saturated heterocycles. The molecule has 4 nitrogen and oxygen atoms in total. The van der Waals surface area contributed by atoms with E-state index in [2.05, 4.69) is 16.4 Å². The van der Waals surface area contributed by atoms with Crippen LogP contribution in [0.3, 0.4) is 0 Å². The quantitative estimate of drug-likeness (QED) is 0.672. The van der Waals surface area contributed by atoms with Crippen molar-refractivity contribution in [3.05, 3.63) is 36.0 Å². The maximum atomic E-state index is 8.90. The third-order valence-corrected chi connectivity index (χ3v) is 1.98. The summed E-state index contributed by atoms with van der Waals surface area (Å²) in [6, 6.07) is 11.6. The van der Waals surface area contributed by atoms with Crippen molar-refractivity contribution < 1.29 is 0 Å². The molecule has 0 atom stereocenters. The van der Waals surface area contributed by atoms with E-state index < -0.39 is 0 Å². The van der Waals surface area contributed by atoms with Crippen molar-refractivity contribution in [1.82, 2.24) is 15.0 Å². The monoisotopic (exact) mass is 184 g/mol. The summed E-state index contributed by atoms with van der Waals surface area (Å²) in [6.07, 6.45) is 0. The zero-order valence-electron chi connectivity index (χ0n) is 7.68. The molecule has 0 aliphatic carbocycles. The van der Waals surface area contributed by atoms with Crippen molar-refractivity contribution in [2.45, 2.75) is 0 Å². The molecule has 1 aromatic carbocycles. The van der Waals surface area contributed by atoms with Gasteiger partial charge >= 0.3 is 0 Å². The van der Waals surface area contributed by atoms with Gasteiger partial charge in [-0.1, -0.05) is 35.5 Å². The van der Waals surface area contributed by atoms with Crippen molar-refractivity contribution in [3.8, 4) is 17.3 Å². The van der Waals surface area contributed by atoms with E-state index in [4.69, 9.17) is 5.26 Å². The van der Waals surface area contributed by atoms with E-state index in [-0.39, 0.29) is 0 Å². The first-order valence-corrected chi connectivity index (χ1v) is 4.18. The van der Waals surface area contributed by atoms with Crippen LogP contribution < -0.4 is 0 Å². The van der Waals surface area contributed by atoms with Crippen LogP contribution >= 0.6 is 0 Å². The standard InChI is InChI=1S/C10H8N4/c1-14-9(7-11)10(12-13-14)8-5-3-2-4-6-8/h2-6H,1H3. The van der Waals surface area contributed by atoms with Gasteiger partial charge in [0.1, 0.15) is 11.8 Å². The second kappa shape index (κ2) is 3.30. The average Bonchev–Trinajstić information content (AvgIpc) is 2.61. The predicted molar refractivity (Wildman–Crippen MR) is 51.2 cm³/mol. The van der Waals surface area contributed by atoms with Crippen molar-refractivity contribution in [2.75, 3.05) is 0 Å². The van der Waals surface area contributed by atoms with Crippen molar-refractivity contribution in [3.63, 3.8) is 0 Å². The predicted octanol–water partition coefficient (Wildman–Crippen LogP) is 1.35. The second-order valence-electron chi connectivity index (χ2n) is 2.89. The number of hydrogen-bond acceptors (Lipinski definition) is 3. The highest BCUT2D eigenvalue weighted by Crippen LogP contribution is 2.18. The normalized spacial score (nSPS) is 9.71. The smallest absolute Gasteiger partial charge is 0.166 e. The first kappa shape index (κ1) is 8.45. The lowest BCUT2D eigenvalue weighted by Crippen LogP contribution is -1.93. The Morgan fingerprint density at radius 2 is 2.00 bits per heavy atom. The molecule has 0 bridgehead atoms. The summed E-state index contributed by atoms with van der Waals surface area (Å²) in [5.41, 5.74) is 2.03. The van der Waals surface area contributed by atoms with E-state index in [1.165, 1.54) is 4.68 Å². The molecule has 1 heterocycles. The summed E-state index contributed by atoms with van der Waals surface area (Å²) in [6.45, 7) is 0. The number of aryl methyl sites for hydroxylation is 1. The third-order valence-electron chi connectivity index (χ3n) is 1.98. The van der Waals surface area contributed by atoms with Crippen LogP contribution in [0.5, 0.6) is 0 Å². The zero-order chi connectivity index (χ0) is 9.97. The van der Waals surface area contributed by atoms with Gasteiger partial charge in [0.2, 0.25) is 0 Å². The first-order chi connectivity index (χ1) is 6.83. The van der Waals surface area contributed by atoms with Crippen LogP contribution in [-0.2, 0) is 7.05 Å². The number of aromatic nitrogens is 3. The van der Waals surface area contributed by atoms with Crippen LogP contribution in [0.15, 0.2) is 30.3 Å². The van der Waals surface area contributed by atoms with E-state index in [0.717, 1.165) is 5.56 Å². The minimum atomic E-state index is 0.483. The second-order valence-corrected chi connectivity index (χ2v) is 2.89. The van der Waals surface area contributed by atoms with Crippen LogP contribution in [0, 0.1) is 11.3 Å². The van der Waals surface area contributed by atoms with E-state index in [1.54, 1.807) is 7.05 Å². The van der Waals surface area contributed by atoms with Crippen LogP contribution in [0.2, 0.25) is 0 Å². The van der Waals surface area contributed by atoms with Gasteiger partial charge in [-0.15, -0.1) is 5.10 Å². The lowest BCUT2D eigenvalue weighted by molar-refractivity contribution is 0.707. The Kier molecular flexibility index (Phi) is 1.99. The number of nitrogens with zero attached hydrogens (tertiary/aromatic N) is 4. The van der Waals surface area contributed by atoms with Crippen LogP contribution in [0.1, 0.15) is 5.69 Å². The maximum absolute atomic E-state index is 8.90. The Morgan fingerprint density at radius 1 is 1.29 bits per heavy atom. The number of rotatable bonds is 1. The minimum Gasteiger partial charge on any atom is -0.237 e. The molecule has 68 valence electrons. The van der Waals surface area contributed by atoms with E-state index in [0.29, 0.717) is 11.4 Å². The van der Waals surface area contributed by atoms with Crippen LogP contribution in [-0.4, -0.2) is 15.0 Å².